The van der Waals surface area contributed by atoms with E-state index >= 15 is 0 Å². The van der Waals surface area contributed by atoms with Crippen LogP contribution in [0.5, 0.6) is 0 Å². The Morgan fingerprint density at radius 1 is 0.270 bits per heavy atom. The molecule has 0 aromatic rings. The van der Waals surface area contributed by atoms with E-state index in [4.69, 9.17) is 0 Å². The second-order valence-corrected chi connectivity index (χ2v) is 11.8. The van der Waals surface area contributed by atoms with E-state index < -0.39 is 0 Å². The molecule has 0 aromatic carbocycles. The van der Waals surface area contributed by atoms with E-state index in [1.54, 1.807) is 0 Å². The predicted octanol–water partition coefficient (Wildman–Crippen LogP) is 14.0. The molecular formula is C37H71. The van der Waals surface area contributed by atoms with Crippen molar-refractivity contribution in [3.63, 3.8) is 0 Å². The van der Waals surface area contributed by atoms with E-state index in [2.05, 4.69) is 44.6 Å². The van der Waals surface area contributed by atoms with E-state index in [0.717, 1.165) is 0 Å². The van der Waals surface area contributed by atoms with E-state index in [1.165, 1.54) is 193 Å². The molecule has 1 radical (unpaired) electrons. The van der Waals surface area contributed by atoms with Gasteiger partial charge in [-0.1, -0.05) is 186 Å². The first-order valence-electron chi connectivity index (χ1n) is 17.5. The maximum Gasteiger partial charge on any atom is -0.0171 e. The zero-order valence-electron chi connectivity index (χ0n) is 26.1. The van der Waals surface area contributed by atoms with Gasteiger partial charge in [0, 0.05) is 0 Å². The zero-order valence-corrected chi connectivity index (χ0v) is 26.1. The second kappa shape index (κ2) is 35.5. The predicted molar refractivity (Wildman–Crippen MR) is 172 cm³/mol. The summed E-state index contributed by atoms with van der Waals surface area (Å²) in [5.74, 6) is 0. The van der Waals surface area contributed by atoms with Crippen molar-refractivity contribution < 1.29 is 0 Å². The van der Waals surface area contributed by atoms with Gasteiger partial charge in [0.05, 0.1) is 0 Å². The van der Waals surface area contributed by atoms with E-state index in [0.29, 0.717) is 0 Å². The topological polar surface area (TPSA) is 0 Å². The van der Waals surface area contributed by atoms with Gasteiger partial charge < -0.3 is 0 Å². The summed E-state index contributed by atoms with van der Waals surface area (Å²) in [6.45, 7) is 4.60. The molecule has 0 N–H and O–H groups in total. The van der Waals surface area contributed by atoms with Crippen LogP contribution in [-0.4, -0.2) is 0 Å². The molecule has 0 spiro atoms. The fourth-order valence-electron chi connectivity index (χ4n) is 5.26. The summed E-state index contributed by atoms with van der Waals surface area (Å²) in [5.41, 5.74) is 0. The standard InChI is InChI=1S/C37H71/c1-3-5-7-9-11-13-15-17-19-21-23-25-27-29-31-33-35-37-36-34-32-30-28-26-24-22-20-18-16-14-12-10-8-6-4-2/h17,19,35-37H,3-16,18,20-34H2,1-2H3/b19-17-,37-36+. The Morgan fingerprint density at radius 3 is 0.892 bits per heavy atom. The van der Waals surface area contributed by atoms with Crippen LogP contribution in [0.3, 0.4) is 0 Å². The summed E-state index contributed by atoms with van der Waals surface area (Å²) < 4.78 is 0. The van der Waals surface area contributed by atoms with Crippen molar-refractivity contribution >= 4 is 0 Å². The molecule has 0 saturated heterocycles. The Balaban J connectivity index is 3.12. The Kier molecular flexibility index (Phi) is 35.0. The minimum atomic E-state index is 1.27. The normalized spacial score (nSPS) is 11.9. The maximum atomic E-state index is 2.43. The van der Waals surface area contributed by atoms with Gasteiger partial charge in [-0.2, -0.15) is 0 Å². The van der Waals surface area contributed by atoms with Gasteiger partial charge in [-0.3, -0.25) is 0 Å². The van der Waals surface area contributed by atoms with Crippen LogP contribution in [0.15, 0.2) is 24.3 Å². The summed E-state index contributed by atoms with van der Waals surface area (Å²) in [6.07, 6.45) is 54.4. The number of hydrogen-bond acceptors (Lipinski definition) is 0. The SMILES string of the molecule is CCCCCCCC/C=C\CCCCCCC[CH]/C=C/CCCCCCCCCCCCCCCCC. The zero-order chi connectivity index (χ0) is 26.7. The first kappa shape index (κ1) is 36.5. The lowest BCUT2D eigenvalue weighted by Gasteiger charge is -2.03. The van der Waals surface area contributed by atoms with Crippen LogP contribution >= 0.6 is 0 Å². The fraction of sp³-hybridized carbons (Fsp3) is 0.865. The smallest absolute Gasteiger partial charge is 0.0171 e. The van der Waals surface area contributed by atoms with Crippen LogP contribution < -0.4 is 0 Å². The maximum absolute atomic E-state index is 2.43. The molecule has 0 bridgehead atoms. The molecule has 37 heavy (non-hydrogen) atoms. The van der Waals surface area contributed by atoms with Crippen molar-refractivity contribution in [3.05, 3.63) is 30.7 Å². The lowest BCUT2D eigenvalue weighted by atomic mass is 10.0. The van der Waals surface area contributed by atoms with Gasteiger partial charge in [-0.05, 0) is 51.4 Å². The largest absolute Gasteiger partial charge is 0.0885 e. The van der Waals surface area contributed by atoms with E-state index in [1.807, 2.05) is 0 Å². The molecule has 0 amide bonds. The van der Waals surface area contributed by atoms with Crippen molar-refractivity contribution in [1.82, 2.24) is 0 Å². The summed E-state index contributed by atoms with van der Waals surface area (Å²) in [6, 6.07) is 0. The second-order valence-electron chi connectivity index (χ2n) is 11.8. The molecule has 0 fully saturated rings. The molecule has 0 aliphatic heterocycles. The Labute approximate surface area is 236 Å². The van der Waals surface area contributed by atoms with Crippen molar-refractivity contribution in [2.45, 2.75) is 206 Å². The first-order valence-corrected chi connectivity index (χ1v) is 17.5. The van der Waals surface area contributed by atoms with Crippen molar-refractivity contribution in [2.24, 2.45) is 0 Å². The van der Waals surface area contributed by atoms with Crippen LogP contribution in [0.1, 0.15) is 206 Å². The molecule has 0 aliphatic rings. The quantitative estimate of drug-likeness (QED) is 0.0617. The molecule has 0 heterocycles. The van der Waals surface area contributed by atoms with Gasteiger partial charge in [-0.25, -0.2) is 0 Å². The van der Waals surface area contributed by atoms with Crippen molar-refractivity contribution in [2.75, 3.05) is 0 Å². The van der Waals surface area contributed by atoms with Gasteiger partial charge >= 0.3 is 0 Å². The van der Waals surface area contributed by atoms with Crippen LogP contribution in [0.25, 0.3) is 0 Å². The van der Waals surface area contributed by atoms with Gasteiger partial charge in [-0.15, -0.1) is 0 Å². The Bertz CT molecular complexity index is 431. The van der Waals surface area contributed by atoms with E-state index in [-0.39, 0.29) is 0 Å². The van der Waals surface area contributed by atoms with Crippen molar-refractivity contribution in [1.29, 1.82) is 0 Å². The highest BCUT2D eigenvalue weighted by molar-refractivity contribution is 4.94. The average Bonchev–Trinajstić information content (AvgIpc) is 2.91. The molecule has 0 rings (SSSR count). The van der Waals surface area contributed by atoms with E-state index in [9.17, 15) is 0 Å². The molecule has 0 unspecified atom stereocenters. The molecular weight excluding hydrogens is 444 g/mol. The number of allylic oxidation sites excluding steroid dienone is 4. The summed E-state index contributed by atoms with van der Waals surface area (Å²) in [7, 11) is 0. The highest BCUT2D eigenvalue weighted by atomic mass is 14.0. The fourth-order valence-corrected chi connectivity index (χ4v) is 5.26. The van der Waals surface area contributed by atoms with Gasteiger partial charge in [0.25, 0.3) is 0 Å². The summed E-state index contributed by atoms with van der Waals surface area (Å²) in [4.78, 5) is 0. The Morgan fingerprint density at radius 2 is 0.541 bits per heavy atom. The lowest BCUT2D eigenvalue weighted by molar-refractivity contribution is 0.533. The first-order chi connectivity index (χ1) is 18.4. The molecule has 0 saturated carbocycles. The van der Waals surface area contributed by atoms with Crippen LogP contribution in [-0.2, 0) is 0 Å². The highest BCUT2D eigenvalue weighted by Gasteiger charge is 1.95. The minimum absolute atomic E-state index is 1.27. The minimum Gasteiger partial charge on any atom is -0.0885 e. The molecule has 0 nitrogen and oxygen atoms in total. The van der Waals surface area contributed by atoms with Crippen LogP contribution in [0.2, 0.25) is 0 Å². The summed E-state index contributed by atoms with van der Waals surface area (Å²) >= 11 is 0. The van der Waals surface area contributed by atoms with Gasteiger partial charge in [0.15, 0.2) is 0 Å². The summed E-state index contributed by atoms with van der Waals surface area (Å²) in [5, 5.41) is 0. The molecule has 0 atom stereocenters. The Hall–Kier alpha value is -0.520. The third-order valence-electron chi connectivity index (χ3n) is 7.88. The monoisotopic (exact) mass is 516 g/mol. The average molecular weight is 516 g/mol. The molecule has 219 valence electrons. The lowest BCUT2D eigenvalue weighted by Crippen LogP contribution is -1.83. The molecule has 0 heteroatoms. The van der Waals surface area contributed by atoms with Crippen LogP contribution in [0, 0.1) is 6.42 Å². The molecule has 0 aliphatic carbocycles. The van der Waals surface area contributed by atoms with Gasteiger partial charge in [0.2, 0.25) is 0 Å². The number of unbranched alkanes of at least 4 members (excludes halogenated alkanes) is 28. The number of rotatable bonds is 32. The molecule has 0 aromatic heterocycles. The van der Waals surface area contributed by atoms with Crippen LogP contribution in [0.4, 0.5) is 0 Å². The van der Waals surface area contributed by atoms with Crippen molar-refractivity contribution in [3.8, 4) is 0 Å². The third kappa shape index (κ3) is 35.5. The third-order valence-corrected chi connectivity index (χ3v) is 7.88. The van der Waals surface area contributed by atoms with Gasteiger partial charge in [0.1, 0.15) is 0 Å². The number of hydrogen-bond donors (Lipinski definition) is 0. The highest BCUT2D eigenvalue weighted by Crippen LogP contribution is 2.14.